The van der Waals surface area contributed by atoms with Crippen molar-refractivity contribution in [2.75, 3.05) is 5.32 Å². The first kappa shape index (κ1) is 14.0. The summed E-state index contributed by atoms with van der Waals surface area (Å²) in [4.78, 5) is 11.7. The van der Waals surface area contributed by atoms with Crippen LogP contribution in [0.25, 0.3) is 0 Å². The number of nitrogens with zero attached hydrogens (tertiary/aromatic N) is 1. The van der Waals surface area contributed by atoms with Crippen LogP contribution in [0.3, 0.4) is 0 Å². The number of aryl methyl sites for hydroxylation is 1. The lowest BCUT2D eigenvalue weighted by Crippen LogP contribution is -2.16. The molecule has 0 atom stereocenters. The first-order valence-corrected chi connectivity index (χ1v) is 5.97. The van der Waals surface area contributed by atoms with Crippen molar-refractivity contribution >= 4 is 17.4 Å². The standard InChI is InChI=1S/C13H19N3O2/c1-3-4-5-12(17)15-11-8-10(13(14)16-18)7-6-9(11)2/h6-8,18H,3-5H2,1-2H3,(H2,14,16)(H,15,17). The van der Waals surface area contributed by atoms with Gasteiger partial charge in [0.1, 0.15) is 0 Å². The summed E-state index contributed by atoms with van der Waals surface area (Å²) < 4.78 is 0. The van der Waals surface area contributed by atoms with Gasteiger partial charge in [-0.25, -0.2) is 0 Å². The van der Waals surface area contributed by atoms with Gasteiger partial charge in [-0.1, -0.05) is 30.6 Å². The Labute approximate surface area is 107 Å². The number of carbonyl (C=O) groups is 1. The number of oxime groups is 1. The molecule has 0 unspecified atom stereocenters. The van der Waals surface area contributed by atoms with Gasteiger partial charge in [-0.05, 0) is 25.0 Å². The minimum Gasteiger partial charge on any atom is -0.409 e. The van der Waals surface area contributed by atoms with E-state index in [0.29, 0.717) is 17.7 Å². The maximum atomic E-state index is 11.7. The lowest BCUT2D eigenvalue weighted by Gasteiger charge is -2.10. The predicted molar refractivity (Wildman–Crippen MR) is 71.8 cm³/mol. The van der Waals surface area contributed by atoms with E-state index in [-0.39, 0.29) is 11.7 Å². The van der Waals surface area contributed by atoms with Crippen LogP contribution in [0.4, 0.5) is 5.69 Å². The van der Waals surface area contributed by atoms with E-state index >= 15 is 0 Å². The maximum absolute atomic E-state index is 11.7. The molecule has 5 heteroatoms. The van der Waals surface area contributed by atoms with Gasteiger partial charge in [-0.3, -0.25) is 4.79 Å². The zero-order chi connectivity index (χ0) is 13.5. The summed E-state index contributed by atoms with van der Waals surface area (Å²) in [5.41, 5.74) is 7.72. The summed E-state index contributed by atoms with van der Waals surface area (Å²) in [6.07, 6.45) is 2.35. The summed E-state index contributed by atoms with van der Waals surface area (Å²) in [5.74, 6) is 0.00988. The Bertz CT molecular complexity index is 456. The van der Waals surface area contributed by atoms with Crippen LogP contribution >= 0.6 is 0 Å². The maximum Gasteiger partial charge on any atom is 0.224 e. The highest BCUT2D eigenvalue weighted by Gasteiger charge is 2.07. The molecule has 0 bridgehead atoms. The fourth-order valence-corrected chi connectivity index (χ4v) is 1.52. The number of rotatable bonds is 5. The van der Waals surface area contributed by atoms with E-state index in [1.54, 1.807) is 12.1 Å². The number of carbonyl (C=O) groups excluding carboxylic acids is 1. The minimum absolute atomic E-state index is 0.0170. The number of amidine groups is 1. The normalized spacial score (nSPS) is 11.3. The Morgan fingerprint density at radius 1 is 1.50 bits per heavy atom. The van der Waals surface area contributed by atoms with Gasteiger partial charge in [-0.2, -0.15) is 0 Å². The van der Waals surface area contributed by atoms with Crippen LogP contribution in [-0.4, -0.2) is 17.0 Å². The van der Waals surface area contributed by atoms with Crippen molar-refractivity contribution in [1.82, 2.24) is 0 Å². The summed E-state index contributed by atoms with van der Waals surface area (Å²) in [7, 11) is 0. The van der Waals surface area contributed by atoms with Crippen LogP contribution in [0.15, 0.2) is 23.4 Å². The number of unbranched alkanes of at least 4 members (excludes halogenated alkanes) is 1. The van der Waals surface area contributed by atoms with Gasteiger partial charge in [0.25, 0.3) is 0 Å². The molecule has 0 saturated carbocycles. The molecule has 0 heterocycles. The van der Waals surface area contributed by atoms with Gasteiger partial charge >= 0.3 is 0 Å². The molecule has 5 nitrogen and oxygen atoms in total. The Morgan fingerprint density at radius 3 is 2.83 bits per heavy atom. The van der Waals surface area contributed by atoms with Gasteiger partial charge < -0.3 is 16.3 Å². The van der Waals surface area contributed by atoms with Crippen LogP contribution < -0.4 is 11.1 Å². The molecular formula is C13H19N3O2. The zero-order valence-electron chi connectivity index (χ0n) is 10.7. The van der Waals surface area contributed by atoms with Gasteiger partial charge in [0.15, 0.2) is 5.84 Å². The zero-order valence-corrected chi connectivity index (χ0v) is 10.7. The lowest BCUT2D eigenvalue weighted by molar-refractivity contribution is -0.116. The highest BCUT2D eigenvalue weighted by molar-refractivity contribution is 5.99. The first-order valence-electron chi connectivity index (χ1n) is 5.97. The third-order valence-electron chi connectivity index (χ3n) is 2.67. The summed E-state index contributed by atoms with van der Waals surface area (Å²) >= 11 is 0. The Balaban J connectivity index is 2.84. The van der Waals surface area contributed by atoms with Crippen LogP contribution in [0.1, 0.15) is 37.3 Å². The second-order valence-electron chi connectivity index (χ2n) is 4.17. The lowest BCUT2D eigenvalue weighted by atomic mass is 10.1. The van der Waals surface area contributed by atoms with Gasteiger partial charge in [0.05, 0.1) is 0 Å². The third kappa shape index (κ3) is 3.76. The number of anilines is 1. The van der Waals surface area contributed by atoms with Crippen molar-refractivity contribution in [3.05, 3.63) is 29.3 Å². The first-order chi connectivity index (χ1) is 8.58. The highest BCUT2D eigenvalue weighted by Crippen LogP contribution is 2.17. The van der Waals surface area contributed by atoms with Crippen LogP contribution in [-0.2, 0) is 4.79 Å². The average molecular weight is 249 g/mol. The largest absolute Gasteiger partial charge is 0.409 e. The van der Waals surface area contributed by atoms with E-state index in [1.165, 1.54) is 0 Å². The van der Waals surface area contributed by atoms with Crippen molar-refractivity contribution in [3.8, 4) is 0 Å². The molecule has 0 fully saturated rings. The molecule has 1 aromatic carbocycles. The summed E-state index contributed by atoms with van der Waals surface area (Å²) in [6.45, 7) is 3.93. The molecule has 0 spiro atoms. The third-order valence-corrected chi connectivity index (χ3v) is 2.67. The Morgan fingerprint density at radius 2 is 2.22 bits per heavy atom. The average Bonchev–Trinajstić information content (AvgIpc) is 2.38. The second-order valence-corrected chi connectivity index (χ2v) is 4.17. The SMILES string of the molecule is CCCCC(=O)Nc1cc(C(N)=NO)ccc1C. The summed E-state index contributed by atoms with van der Waals surface area (Å²) in [6, 6.07) is 5.27. The molecule has 0 aromatic heterocycles. The predicted octanol–water partition coefficient (Wildman–Crippen LogP) is 2.22. The molecule has 0 aliphatic heterocycles. The number of hydrogen-bond donors (Lipinski definition) is 3. The molecule has 1 rings (SSSR count). The molecule has 1 amide bonds. The number of amides is 1. The number of hydrogen-bond acceptors (Lipinski definition) is 3. The van der Waals surface area contributed by atoms with E-state index in [0.717, 1.165) is 18.4 Å². The molecule has 0 saturated heterocycles. The van der Waals surface area contributed by atoms with E-state index in [2.05, 4.69) is 10.5 Å². The van der Waals surface area contributed by atoms with Crippen LogP contribution in [0.2, 0.25) is 0 Å². The quantitative estimate of drug-likeness (QED) is 0.323. The van der Waals surface area contributed by atoms with Gasteiger partial charge in [-0.15, -0.1) is 0 Å². The van der Waals surface area contributed by atoms with Crippen molar-refractivity contribution < 1.29 is 10.0 Å². The number of benzene rings is 1. The molecule has 0 radical (unpaired) electrons. The number of nitrogens with one attached hydrogen (secondary N) is 1. The number of nitrogens with two attached hydrogens (primary N) is 1. The molecule has 0 aliphatic carbocycles. The fraction of sp³-hybridized carbons (Fsp3) is 0.385. The van der Waals surface area contributed by atoms with E-state index in [1.807, 2.05) is 19.9 Å². The monoisotopic (exact) mass is 249 g/mol. The molecular weight excluding hydrogens is 230 g/mol. The van der Waals surface area contributed by atoms with Crippen LogP contribution in [0.5, 0.6) is 0 Å². The van der Waals surface area contributed by atoms with E-state index in [9.17, 15) is 4.79 Å². The molecule has 1 aromatic rings. The van der Waals surface area contributed by atoms with Crippen LogP contribution in [0, 0.1) is 6.92 Å². The molecule has 18 heavy (non-hydrogen) atoms. The Hall–Kier alpha value is -2.04. The van der Waals surface area contributed by atoms with Gasteiger partial charge in [0, 0.05) is 17.7 Å². The minimum atomic E-state index is -0.0170. The van der Waals surface area contributed by atoms with Crippen molar-refractivity contribution in [2.45, 2.75) is 33.1 Å². The van der Waals surface area contributed by atoms with E-state index in [4.69, 9.17) is 10.9 Å². The Kier molecular flexibility index (Phi) is 5.17. The fourth-order valence-electron chi connectivity index (χ4n) is 1.52. The highest BCUT2D eigenvalue weighted by atomic mass is 16.4. The van der Waals surface area contributed by atoms with Gasteiger partial charge in [0.2, 0.25) is 5.91 Å². The summed E-state index contributed by atoms with van der Waals surface area (Å²) in [5, 5.41) is 14.4. The molecule has 98 valence electrons. The van der Waals surface area contributed by atoms with Crippen molar-refractivity contribution in [1.29, 1.82) is 0 Å². The van der Waals surface area contributed by atoms with Crippen molar-refractivity contribution in [3.63, 3.8) is 0 Å². The smallest absolute Gasteiger partial charge is 0.224 e. The van der Waals surface area contributed by atoms with Crippen molar-refractivity contribution in [2.24, 2.45) is 10.9 Å². The molecule has 4 N–H and O–H groups in total. The molecule has 0 aliphatic rings. The second kappa shape index (κ2) is 6.64. The topological polar surface area (TPSA) is 87.7 Å². The van der Waals surface area contributed by atoms with E-state index < -0.39 is 0 Å².